The van der Waals surface area contributed by atoms with Crippen molar-refractivity contribution >= 4 is 5.97 Å². The molecule has 27 heavy (non-hydrogen) atoms. The number of esters is 1. The molecule has 0 aromatic rings. The zero-order valence-electron chi connectivity index (χ0n) is 16.6. The SMILES string of the molecule is C[C@@H]1[C@H](OC(=O)C2CCCC2)O[C@H]2O[C@@]3(C)CC[C@H]4[C@H](C)CC[C@H]1[C@@]24OO3. The highest BCUT2D eigenvalue weighted by molar-refractivity contribution is 5.72. The Balaban J connectivity index is 1.43. The molecule has 152 valence electrons. The fourth-order valence-corrected chi connectivity index (χ4v) is 6.38. The summed E-state index contributed by atoms with van der Waals surface area (Å²) in [6.45, 7) is 6.34. The minimum absolute atomic E-state index is 0.0272. The van der Waals surface area contributed by atoms with Crippen LogP contribution in [0.4, 0.5) is 0 Å². The highest BCUT2D eigenvalue weighted by Crippen LogP contribution is 2.60. The quantitative estimate of drug-likeness (QED) is 0.534. The van der Waals surface area contributed by atoms with Crippen molar-refractivity contribution in [3.05, 3.63) is 0 Å². The van der Waals surface area contributed by atoms with Gasteiger partial charge in [0.25, 0.3) is 0 Å². The van der Waals surface area contributed by atoms with Crippen LogP contribution in [-0.4, -0.2) is 29.9 Å². The number of hydrogen-bond donors (Lipinski definition) is 0. The molecule has 4 saturated heterocycles. The van der Waals surface area contributed by atoms with Crippen LogP contribution in [0, 0.1) is 29.6 Å². The molecule has 6 rings (SSSR count). The van der Waals surface area contributed by atoms with Crippen LogP contribution in [0.3, 0.4) is 0 Å². The lowest BCUT2D eigenvalue weighted by Gasteiger charge is -2.59. The van der Waals surface area contributed by atoms with Gasteiger partial charge in [0.05, 0.1) is 5.92 Å². The number of carbonyl (C=O) groups excluding carboxylic acids is 1. The van der Waals surface area contributed by atoms with Crippen molar-refractivity contribution in [2.24, 2.45) is 29.6 Å². The molecular formula is C21H32O6. The number of rotatable bonds is 2. The molecule has 1 spiro atoms. The third kappa shape index (κ3) is 2.70. The lowest BCUT2D eigenvalue weighted by molar-refractivity contribution is -0.576. The summed E-state index contributed by atoms with van der Waals surface area (Å²) in [4.78, 5) is 24.6. The monoisotopic (exact) mass is 380 g/mol. The van der Waals surface area contributed by atoms with Crippen molar-refractivity contribution in [2.45, 2.75) is 96.1 Å². The summed E-state index contributed by atoms with van der Waals surface area (Å²) in [5.41, 5.74) is -0.594. The van der Waals surface area contributed by atoms with Crippen LogP contribution >= 0.6 is 0 Å². The van der Waals surface area contributed by atoms with Crippen molar-refractivity contribution in [3.63, 3.8) is 0 Å². The van der Waals surface area contributed by atoms with Crippen LogP contribution in [-0.2, 0) is 28.8 Å². The maximum atomic E-state index is 12.6. The van der Waals surface area contributed by atoms with Crippen LogP contribution in [0.15, 0.2) is 0 Å². The van der Waals surface area contributed by atoms with Gasteiger partial charge < -0.3 is 14.2 Å². The summed E-state index contributed by atoms with van der Waals surface area (Å²) in [5.74, 6) is 0.239. The molecule has 0 aromatic carbocycles. The molecule has 4 heterocycles. The van der Waals surface area contributed by atoms with E-state index >= 15 is 0 Å². The van der Waals surface area contributed by atoms with Gasteiger partial charge in [-0.2, -0.15) is 0 Å². The van der Waals surface area contributed by atoms with E-state index in [-0.39, 0.29) is 23.7 Å². The summed E-state index contributed by atoms with van der Waals surface area (Å²) in [5, 5.41) is 0. The first-order valence-corrected chi connectivity index (χ1v) is 10.8. The van der Waals surface area contributed by atoms with Gasteiger partial charge in [-0.15, -0.1) is 0 Å². The maximum absolute atomic E-state index is 12.6. The molecule has 2 saturated carbocycles. The molecule has 2 bridgehead atoms. The molecule has 6 aliphatic rings. The summed E-state index contributed by atoms with van der Waals surface area (Å²) >= 11 is 0. The van der Waals surface area contributed by atoms with Gasteiger partial charge in [-0.25, -0.2) is 9.78 Å². The molecule has 0 unspecified atom stereocenters. The fraction of sp³-hybridized carbons (Fsp3) is 0.952. The summed E-state index contributed by atoms with van der Waals surface area (Å²) in [6, 6.07) is 0. The molecule has 0 amide bonds. The Morgan fingerprint density at radius 1 is 1.00 bits per heavy atom. The van der Waals surface area contributed by atoms with Crippen LogP contribution in [0.1, 0.15) is 72.1 Å². The normalized spacial score (nSPS) is 52.3. The van der Waals surface area contributed by atoms with E-state index < -0.39 is 24.0 Å². The van der Waals surface area contributed by atoms with E-state index in [1.54, 1.807) is 0 Å². The van der Waals surface area contributed by atoms with Gasteiger partial charge in [-0.3, -0.25) is 4.79 Å². The Hall–Kier alpha value is -0.690. The molecular weight excluding hydrogens is 348 g/mol. The van der Waals surface area contributed by atoms with Gasteiger partial charge in [-0.05, 0) is 50.9 Å². The van der Waals surface area contributed by atoms with Crippen LogP contribution in [0.2, 0.25) is 0 Å². The molecule has 8 atom stereocenters. The second-order valence-corrected chi connectivity index (χ2v) is 9.69. The number of fused-ring (bicyclic) bond motifs is 2. The van der Waals surface area contributed by atoms with Gasteiger partial charge >= 0.3 is 5.97 Å². The van der Waals surface area contributed by atoms with E-state index in [1.807, 2.05) is 6.92 Å². The Kier molecular flexibility index (Phi) is 4.35. The van der Waals surface area contributed by atoms with Crippen molar-refractivity contribution in [1.29, 1.82) is 0 Å². The molecule has 6 fully saturated rings. The lowest BCUT2D eigenvalue weighted by Crippen LogP contribution is -2.70. The third-order valence-corrected chi connectivity index (χ3v) is 8.02. The minimum atomic E-state index is -0.794. The smallest absolute Gasteiger partial charge is 0.311 e. The highest BCUT2D eigenvalue weighted by Gasteiger charge is 2.69. The number of carbonyl (C=O) groups is 1. The molecule has 6 nitrogen and oxygen atoms in total. The standard InChI is InChI=1S/C21H32O6/c1-12-8-9-16-13(2)18(23-17(22)14-6-4-5-7-14)24-19-21(16)15(12)10-11-20(3,25-19)26-27-21/h12-16,18-19H,4-11H2,1-3H3/t12-,13+,15+,16-,18-,19+,20-,21-/m1/s1. The van der Waals surface area contributed by atoms with Crippen molar-refractivity contribution < 1.29 is 28.8 Å². The summed E-state index contributed by atoms with van der Waals surface area (Å²) < 4.78 is 18.5. The average molecular weight is 380 g/mol. The van der Waals surface area contributed by atoms with Gasteiger partial charge in [-0.1, -0.05) is 26.7 Å². The Morgan fingerprint density at radius 3 is 2.56 bits per heavy atom. The van der Waals surface area contributed by atoms with Crippen LogP contribution < -0.4 is 0 Å². The van der Waals surface area contributed by atoms with Gasteiger partial charge in [0, 0.05) is 18.3 Å². The molecule has 0 radical (unpaired) electrons. The molecule has 0 N–H and O–H groups in total. The predicted octanol–water partition coefficient (Wildman–Crippen LogP) is 3.93. The van der Waals surface area contributed by atoms with Crippen molar-refractivity contribution in [2.75, 3.05) is 0 Å². The molecule has 4 aliphatic heterocycles. The Morgan fingerprint density at radius 2 is 1.78 bits per heavy atom. The van der Waals surface area contributed by atoms with Crippen molar-refractivity contribution in [3.8, 4) is 0 Å². The van der Waals surface area contributed by atoms with E-state index in [2.05, 4.69) is 13.8 Å². The van der Waals surface area contributed by atoms with Crippen molar-refractivity contribution in [1.82, 2.24) is 0 Å². The lowest BCUT2D eigenvalue weighted by atomic mass is 9.58. The zero-order chi connectivity index (χ0) is 18.8. The molecule has 2 aliphatic carbocycles. The first kappa shape index (κ1) is 18.3. The maximum Gasteiger partial charge on any atom is 0.311 e. The Labute approximate surface area is 161 Å². The van der Waals surface area contributed by atoms with E-state index in [1.165, 1.54) is 0 Å². The van der Waals surface area contributed by atoms with E-state index in [0.717, 1.165) is 51.4 Å². The third-order valence-electron chi connectivity index (χ3n) is 8.02. The average Bonchev–Trinajstić information content (AvgIpc) is 3.09. The first-order valence-electron chi connectivity index (χ1n) is 10.8. The van der Waals surface area contributed by atoms with E-state index in [0.29, 0.717) is 11.8 Å². The summed E-state index contributed by atoms with van der Waals surface area (Å²) in [6.07, 6.45) is 6.93. The number of hydrogen-bond acceptors (Lipinski definition) is 6. The van der Waals surface area contributed by atoms with E-state index in [9.17, 15) is 4.79 Å². The topological polar surface area (TPSA) is 63.2 Å². The second kappa shape index (κ2) is 6.41. The van der Waals surface area contributed by atoms with Gasteiger partial charge in [0.2, 0.25) is 12.1 Å². The van der Waals surface area contributed by atoms with E-state index in [4.69, 9.17) is 24.0 Å². The largest absolute Gasteiger partial charge is 0.435 e. The van der Waals surface area contributed by atoms with Crippen LogP contribution in [0.25, 0.3) is 0 Å². The molecule has 6 heteroatoms. The van der Waals surface area contributed by atoms with Gasteiger partial charge in [0.1, 0.15) is 0 Å². The zero-order valence-corrected chi connectivity index (χ0v) is 16.6. The first-order chi connectivity index (χ1) is 12.9. The Bertz CT molecular complexity index is 603. The second-order valence-electron chi connectivity index (χ2n) is 9.69. The summed E-state index contributed by atoms with van der Waals surface area (Å²) in [7, 11) is 0. The van der Waals surface area contributed by atoms with Crippen LogP contribution in [0.5, 0.6) is 0 Å². The van der Waals surface area contributed by atoms with Gasteiger partial charge in [0.15, 0.2) is 11.9 Å². The fourth-order valence-electron chi connectivity index (χ4n) is 6.38. The highest BCUT2D eigenvalue weighted by atomic mass is 17.3. The predicted molar refractivity (Wildman–Crippen MR) is 94.9 cm³/mol. The number of ether oxygens (including phenoxy) is 3. The molecule has 0 aromatic heterocycles. The minimum Gasteiger partial charge on any atom is -0.435 e.